The Kier molecular flexibility index (Phi) is 8.00. The Morgan fingerprint density at radius 1 is 0.926 bits per heavy atom. The summed E-state index contributed by atoms with van der Waals surface area (Å²) in [6.45, 7) is 14.9. The number of rotatable bonds is 6. The van der Waals surface area contributed by atoms with Gasteiger partial charge >= 0.3 is 0 Å². The minimum Gasteiger partial charge on any atom is -0.492 e. The molecule has 0 N–H and O–H groups in total. The summed E-state index contributed by atoms with van der Waals surface area (Å²) in [7, 11) is 0. The van der Waals surface area contributed by atoms with Gasteiger partial charge in [-0.15, -0.1) is 12.4 Å². The highest BCUT2D eigenvalue weighted by atomic mass is 35.5. The van der Waals surface area contributed by atoms with E-state index in [4.69, 9.17) is 4.74 Å². The highest BCUT2D eigenvalue weighted by Gasteiger charge is 2.18. The van der Waals surface area contributed by atoms with Gasteiger partial charge < -0.3 is 9.64 Å². The van der Waals surface area contributed by atoms with Gasteiger partial charge in [0, 0.05) is 38.4 Å². The van der Waals surface area contributed by atoms with Gasteiger partial charge in [-0.3, -0.25) is 4.90 Å². The zero-order chi connectivity index (χ0) is 18.5. The van der Waals surface area contributed by atoms with Crippen LogP contribution in [0.4, 0.5) is 5.69 Å². The second-order valence-corrected chi connectivity index (χ2v) is 7.64. The molecule has 0 atom stereocenters. The van der Waals surface area contributed by atoms with E-state index in [-0.39, 0.29) is 12.4 Å². The molecule has 0 unspecified atom stereocenters. The van der Waals surface area contributed by atoms with Gasteiger partial charge in [0.25, 0.3) is 0 Å². The highest BCUT2D eigenvalue weighted by molar-refractivity contribution is 5.85. The van der Waals surface area contributed by atoms with Crippen molar-refractivity contribution in [1.82, 2.24) is 4.90 Å². The molecule has 1 aliphatic heterocycles. The van der Waals surface area contributed by atoms with Crippen molar-refractivity contribution in [2.45, 2.75) is 33.6 Å². The molecule has 0 spiro atoms. The van der Waals surface area contributed by atoms with Crippen LogP contribution in [0.5, 0.6) is 5.75 Å². The fourth-order valence-corrected chi connectivity index (χ4v) is 3.55. The molecule has 0 saturated carbocycles. The average Bonchev–Trinajstić information content (AvgIpc) is 2.64. The zero-order valence-electron chi connectivity index (χ0n) is 17.1. The Morgan fingerprint density at radius 2 is 1.63 bits per heavy atom. The number of halogens is 1. The van der Waals surface area contributed by atoms with Gasteiger partial charge in [-0.2, -0.15) is 0 Å². The molecular formula is C23H33ClN2O. The first-order valence-electron chi connectivity index (χ1n) is 9.81. The SMILES string of the molecule is Cc1ccc(C(C)C)cc1OCCN1CCN(c2ccccc2C)CC1.Cl. The van der Waals surface area contributed by atoms with Crippen molar-refractivity contribution in [1.29, 1.82) is 0 Å². The molecule has 1 aliphatic rings. The van der Waals surface area contributed by atoms with Crippen LogP contribution in [-0.4, -0.2) is 44.2 Å². The Hall–Kier alpha value is -1.71. The van der Waals surface area contributed by atoms with Gasteiger partial charge in [-0.1, -0.05) is 44.2 Å². The molecule has 0 aromatic heterocycles. The maximum absolute atomic E-state index is 6.11. The summed E-state index contributed by atoms with van der Waals surface area (Å²) in [5.74, 6) is 1.57. The van der Waals surface area contributed by atoms with Crippen LogP contribution in [0.15, 0.2) is 42.5 Å². The average molecular weight is 389 g/mol. The second kappa shape index (κ2) is 10.0. The van der Waals surface area contributed by atoms with Crippen LogP contribution in [-0.2, 0) is 0 Å². The van der Waals surface area contributed by atoms with Gasteiger partial charge in [0.2, 0.25) is 0 Å². The van der Waals surface area contributed by atoms with Gasteiger partial charge in [-0.05, 0) is 48.6 Å². The third kappa shape index (κ3) is 5.63. The van der Waals surface area contributed by atoms with Gasteiger partial charge in [0.1, 0.15) is 12.4 Å². The molecule has 0 radical (unpaired) electrons. The molecule has 0 amide bonds. The van der Waals surface area contributed by atoms with Crippen molar-refractivity contribution in [2.75, 3.05) is 44.2 Å². The summed E-state index contributed by atoms with van der Waals surface area (Å²) in [4.78, 5) is 5.01. The lowest BCUT2D eigenvalue weighted by molar-refractivity contribution is 0.200. The van der Waals surface area contributed by atoms with Crippen LogP contribution in [0.3, 0.4) is 0 Å². The number of nitrogens with zero attached hydrogens (tertiary/aromatic N) is 2. The predicted octanol–water partition coefficient (Wildman–Crippen LogP) is 5.05. The summed E-state index contributed by atoms with van der Waals surface area (Å²) < 4.78 is 6.11. The van der Waals surface area contributed by atoms with Crippen LogP contribution in [0.2, 0.25) is 0 Å². The first kappa shape index (κ1) is 21.6. The maximum Gasteiger partial charge on any atom is 0.122 e. The van der Waals surface area contributed by atoms with E-state index >= 15 is 0 Å². The fraction of sp³-hybridized carbons (Fsp3) is 0.478. The number of hydrogen-bond donors (Lipinski definition) is 0. The summed E-state index contributed by atoms with van der Waals surface area (Å²) >= 11 is 0. The van der Waals surface area contributed by atoms with Crippen molar-refractivity contribution in [2.24, 2.45) is 0 Å². The van der Waals surface area contributed by atoms with E-state index in [1.165, 1.54) is 22.4 Å². The molecule has 4 heteroatoms. The first-order valence-corrected chi connectivity index (χ1v) is 9.81. The molecule has 1 fully saturated rings. The molecule has 148 valence electrons. The van der Waals surface area contributed by atoms with Crippen LogP contribution in [0, 0.1) is 13.8 Å². The number of aryl methyl sites for hydroxylation is 2. The van der Waals surface area contributed by atoms with E-state index in [0.29, 0.717) is 5.92 Å². The topological polar surface area (TPSA) is 15.7 Å². The summed E-state index contributed by atoms with van der Waals surface area (Å²) in [6, 6.07) is 15.3. The molecule has 27 heavy (non-hydrogen) atoms. The lowest BCUT2D eigenvalue weighted by atomic mass is 10.0. The smallest absolute Gasteiger partial charge is 0.122 e. The molecular weight excluding hydrogens is 356 g/mol. The number of para-hydroxylation sites is 1. The number of hydrogen-bond acceptors (Lipinski definition) is 3. The molecule has 0 bridgehead atoms. The molecule has 3 nitrogen and oxygen atoms in total. The van der Waals surface area contributed by atoms with E-state index in [2.05, 4.69) is 80.0 Å². The number of benzene rings is 2. The van der Waals surface area contributed by atoms with Crippen LogP contribution < -0.4 is 9.64 Å². The molecule has 3 rings (SSSR count). The largest absolute Gasteiger partial charge is 0.492 e. The lowest BCUT2D eigenvalue weighted by Crippen LogP contribution is -2.47. The van der Waals surface area contributed by atoms with E-state index in [0.717, 1.165) is 45.1 Å². The van der Waals surface area contributed by atoms with Gasteiger partial charge in [-0.25, -0.2) is 0 Å². The normalized spacial score (nSPS) is 14.9. The molecule has 1 heterocycles. The van der Waals surface area contributed by atoms with Crippen LogP contribution in [0.25, 0.3) is 0 Å². The standard InChI is InChI=1S/C23H32N2O.ClH/c1-18(2)21-10-9-20(4)23(17-21)26-16-15-24-11-13-25(14-12-24)22-8-6-5-7-19(22)3;/h5-10,17-18H,11-16H2,1-4H3;1H. The maximum atomic E-state index is 6.11. The molecule has 0 aliphatic carbocycles. The van der Waals surface area contributed by atoms with Crippen molar-refractivity contribution in [3.8, 4) is 5.75 Å². The quantitative estimate of drug-likeness (QED) is 0.688. The van der Waals surface area contributed by atoms with Crippen molar-refractivity contribution in [3.63, 3.8) is 0 Å². The lowest BCUT2D eigenvalue weighted by Gasteiger charge is -2.36. The highest BCUT2D eigenvalue weighted by Crippen LogP contribution is 2.24. The summed E-state index contributed by atoms with van der Waals surface area (Å²) in [5.41, 5.74) is 5.31. The van der Waals surface area contributed by atoms with Gasteiger partial charge in [0.15, 0.2) is 0 Å². The van der Waals surface area contributed by atoms with Crippen LogP contribution in [0.1, 0.15) is 36.5 Å². The monoisotopic (exact) mass is 388 g/mol. The van der Waals surface area contributed by atoms with E-state index in [1.54, 1.807) is 0 Å². The van der Waals surface area contributed by atoms with E-state index < -0.39 is 0 Å². The second-order valence-electron chi connectivity index (χ2n) is 7.64. The van der Waals surface area contributed by atoms with E-state index in [9.17, 15) is 0 Å². The van der Waals surface area contributed by atoms with Crippen molar-refractivity contribution in [3.05, 3.63) is 59.2 Å². The molecule has 2 aromatic carbocycles. The summed E-state index contributed by atoms with van der Waals surface area (Å²) in [5, 5.41) is 0. The Morgan fingerprint density at radius 3 is 2.30 bits per heavy atom. The zero-order valence-corrected chi connectivity index (χ0v) is 17.9. The third-order valence-corrected chi connectivity index (χ3v) is 5.37. The molecule has 1 saturated heterocycles. The van der Waals surface area contributed by atoms with Crippen molar-refractivity contribution < 1.29 is 4.74 Å². The minimum absolute atomic E-state index is 0. The Bertz CT molecular complexity index is 724. The summed E-state index contributed by atoms with van der Waals surface area (Å²) in [6.07, 6.45) is 0. The third-order valence-electron chi connectivity index (χ3n) is 5.37. The Balaban J connectivity index is 0.00000261. The van der Waals surface area contributed by atoms with Crippen LogP contribution >= 0.6 is 12.4 Å². The fourth-order valence-electron chi connectivity index (χ4n) is 3.55. The van der Waals surface area contributed by atoms with Crippen molar-refractivity contribution >= 4 is 18.1 Å². The van der Waals surface area contributed by atoms with E-state index in [1.807, 2.05) is 0 Å². The first-order chi connectivity index (χ1) is 12.5. The number of anilines is 1. The number of piperazine rings is 1. The number of ether oxygens (including phenoxy) is 1. The van der Waals surface area contributed by atoms with Gasteiger partial charge in [0.05, 0.1) is 0 Å². The Labute approximate surface area is 170 Å². The minimum atomic E-state index is 0. The predicted molar refractivity (Wildman–Crippen MR) is 118 cm³/mol. The molecule has 2 aromatic rings.